The van der Waals surface area contributed by atoms with Gasteiger partial charge in [-0.1, -0.05) is 30.3 Å². The van der Waals surface area contributed by atoms with Crippen LogP contribution in [-0.4, -0.2) is 37.4 Å². The maximum absolute atomic E-state index is 12.0. The lowest BCUT2D eigenvalue weighted by Gasteiger charge is -2.11. The number of nitrogens with zero attached hydrogens (tertiary/aromatic N) is 1. The zero-order valence-corrected chi connectivity index (χ0v) is 10.8. The molecule has 0 saturated carbocycles. The summed E-state index contributed by atoms with van der Waals surface area (Å²) < 4.78 is 4.74. The number of rotatable bonds is 5. The zero-order valence-electron chi connectivity index (χ0n) is 10.8. The standard InChI is InChI=1S/C14H17NO3/c1-4-18-14(17)13(16)12(10-15(2)3)11-8-6-5-7-9-11/h5-10H,4H2,1-3H3/b12-10+. The van der Waals surface area contributed by atoms with Gasteiger partial charge in [0.15, 0.2) is 0 Å². The monoisotopic (exact) mass is 247 g/mol. The van der Waals surface area contributed by atoms with Crippen molar-refractivity contribution in [1.29, 1.82) is 0 Å². The summed E-state index contributed by atoms with van der Waals surface area (Å²) >= 11 is 0. The molecular formula is C14H17NO3. The molecule has 96 valence electrons. The number of carbonyl (C=O) groups excluding carboxylic acids is 2. The van der Waals surface area contributed by atoms with Gasteiger partial charge < -0.3 is 9.64 Å². The highest BCUT2D eigenvalue weighted by atomic mass is 16.5. The van der Waals surface area contributed by atoms with Crippen LogP contribution in [0.3, 0.4) is 0 Å². The molecule has 1 aromatic rings. The summed E-state index contributed by atoms with van der Waals surface area (Å²) in [5.74, 6) is -1.45. The molecule has 0 radical (unpaired) electrons. The Bertz CT molecular complexity index is 449. The zero-order chi connectivity index (χ0) is 13.5. The summed E-state index contributed by atoms with van der Waals surface area (Å²) in [6.45, 7) is 1.86. The van der Waals surface area contributed by atoms with Crippen LogP contribution in [0.5, 0.6) is 0 Å². The summed E-state index contributed by atoms with van der Waals surface area (Å²) in [6.07, 6.45) is 1.62. The second kappa shape index (κ2) is 6.59. The van der Waals surface area contributed by atoms with E-state index in [0.29, 0.717) is 11.1 Å². The second-order valence-corrected chi connectivity index (χ2v) is 3.92. The number of ketones is 1. The number of benzene rings is 1. The van der Waals surface area contributed by atoms with Crippen LogP contribution in [-0.2, 0) is 14.3 Å². The molecule has 0 aliphatic heterocycles. The third-order valence-corrected chi connectivity index (χ3v) is 2.18. The number of carbonyl (C=O) groups is 2. The van der Waals surface area contributed by atoms with Crippen molar-refractivity contribution in [2.24, 2.45) is 0 Å². The Labute approximate surface area is 107 Å². The van der Waals surface area contributed by atoms with E-state index in [2.05, 4.69) is 0 Å². The Kier molecular flexibility index (Phi) is 5.11. The molecule has 0 aliphatic carbocycles. The van der Waals surface area contributed by atoms with Crippen molar-refractivity contribution in [2.75, 3.05) is 20.7 Å². The number of hydrogen-bond donors (Lipinski definition) is 0. The summed E-state index contributed by atoms with van der Waals surface area (Å²) in [4.78, 5) is 25.2. The minimum atomic E-state index is -0.825. The van der Waals surface area contributed by atoms with E-state index in [-0.39, 0.29) is 6.61 Å². The summed E-state index contributed by atoms with van der Waals surface area (Å²) in [5, 5.41) is 0. The number of Topliss-reactive ketones (excluding diaryl/α,β-unsaturated/α-hetero) is 1. The highest BCUT2D eigenvalue weighted by molar-refractivity contribution is 6.51. The van der Waals surface area contributed by atoms with Gasteiger partial charge in [0.1, 0.15) is 0 Å². The predicted octanol–water partition coefficient (Wildman–Crippen LogP) is 1.72. The fourth-order valence-electron chi connectivity index (χ4n) is 1.45. The summed E-state index contributed by atoms with van der Waals surface area (Å²) in [6, 6.07) is 9.05. The molecule has 0 bridgehead atoms. The first-order valence-corrected chi connectivity index (χ1v) is 5.71. The van der Waals surface area contributed by atoms with Crippen molar-refractivity contribution in [2.45, 2.75) is 6.92 Å². The van der Waals surface area contributed by atoms with E-state index < -0.39 is 11.8 Å². The minimum Gasteiger partial charge on any atom is -0.460 e. The molecule has 0 amide bonds. The lowest BCUT2D eigenvalue weighted by molar-refractivity contribution is -0.150. The molecule has 0 saturated heterocycles. The molecule has 0 aliphatic rings. The molecule has 4 heteroatoms. The quantitative estimate of drug-likeness (QED) is 0.451. The van der Waals surface area contributed by atoms with Crippen molar-refractivity contribution in [3.8, 4) is 0 Å². The van der Waals surface area contributed by atoms with Crippen molar-refractivity contribution in [3.05, 3.63) is 42.1 Å². The van der Waals surface area contributed by atoms with Gasteiger partial charge in [-0.2, -0.15) is 0 Å². The van der Waals surface area contributed by atoms with Gasteiger partial charge in [-0.3, -0.25) is 4.79 Å². The molecule has 1 rings (SSSR count). The van der Waals surface area contributed by atoms with E-state index in [9.17, 15) is 9.59 Å². The van der Waals surface area contributed by atoms with E-state index in [4.69, 9.17) is 4.74 Å². The molecule has 18 heavy (non-hydrogen) atoms. The Morgan fingerprint density at radius 1 is 1.22 bits per heavy atom. The SMILES string of the molecule is CCOC(=O)C(=O)/C(=C/N(C)C)c1ccccc1. The first-order chi connectivity index (χ1) is 8.56. The highest BCUT2D eigenvalue weighted by Crippen LogP contribution is 2.16. The predicted molar refractivity (Wildman–Crippen MR) is 69.7 cm³/mol. The first kappa shape index (κ1) is 14.0. The Hall–Kier alpha value is -2.10. The number of hydrogen-bond acceptors (Lipinski definition) is 4. The van der Waals surface area contributed by atoms with Crippen LogP contribution in [0.4, 0.5) is 0 Å². The molecule has 0 atom stereocenters. The van der Waals surface area contributed by atoms with Crippen molar-refractivity contribution < 1.29 is 14.3 Å². The van der Waals surface area contributed by atoms with Crippen LogP contribution in [0.25, 0.3) is 5.57 Å². The molecule has 0 fully saturated rings. The maximum Gasteiger partial charge on any atom is 0.379 e. The number of ether oxygens (including phenoxy) is 1. The van der Waals surface area contributed by atoms with E-state index >= 15 is 0 Å². The van der Waals surface area contributed by atoms with Gasteiger partial charge in [-0.05, 0) is 12.5 Å². The minimum absolute atomic E-state index is 0.189. The third kappa shape index (κ3) is 3.73. The molecule has 0 N–H and O–H groups in total. The van der Waals surface area contributed by atoms with Crippen LogP contribution >= 0.6 is 0 Å². The summed E-state index contributed by atoms with van der Waals surface area (Å²) in [5.41, 5.74) is 1.03. The highest BCUT2D eigenvalue weighted by Gasteiger charge is 2.21. The summed E-state index contributed by atoms with van der Waals surface area (Å²) in [7, 11) is 3.59. The molecule has 0 aromatic heterocycles. The maximum atomic E-state index is 12.0. The fraction of sp³-hybridized carbons (Fsp3) is 0.286. The van der Waals surface area contributed by atoms with Crippen LogP contribution in [0.2, 0.25) is 0 Å². The van der Waals surface area contributed by atoms with Gasteiger partial charge in [0.05, 0.1) is 12.2 Å². The van der Waals surface area contributed by atoms with Gasteiger partial charge in [0.2, 0.25) is 0 Å². The van der Waals surface area contributed by atoms with Gasteiger partial charge >= 0.3 is 5.97 Å². The van der Waals surface area contributed by atoms with Crippen molar-refractivity contribution >= 4 is 17.3 Å². The molecule has 4 nitrogen and oxygen atoms in total. The third-order valence-electron chi connectivity index (χ3n) is 2.18. The molecule has 0 spiro atoms. The Morgan fingerprint density at radius 2 is 1.83 bits per heavy atom. The van der Waals surface area contributed by atoms with Crippen LogP contribution in [0.1, 0.15) is 12.5 Å². The largest absolute Gasteiger partial charge is 0.460 e. The first-order valence-electron chi connectivity index (χ1n) is 5.71. The lowest BCUT2D eigenvalue weighted by atomic mass is 10.0. The Balaban J connectivity index is 3.08. The molecule has 1 aromatic carbocycles. The van der Waals surface area contributed by atoms with Gasteiger partial charge in [0, 0.05) is 20.3 Å². The lowest BCUT2D eigenvalue weighted by Crippen LogP contribution is -2.20. The normalized spacial score (nSPS) is 10.9. The average molecular weight is 247 g/mol. The van der Waals surface area contributed by atoms with E-state index in [1.54, 1.807) is 44.3 Å². The average Bonchev–Trinajstić information content (AvgIpc) is 2.36. The van der Waals surface area contributed by atoms with E-state index in [1.807, 2.05) is 18.2 Å². The van der Waals surface area contributed by atoms with Crippen LogP contribution < -0.4 is 0 Å². The molecule has 0 heterocycles. The second-order valence-electron chi connectivity index (χ2n) is 3.92. The Morgan fingerprint density at radius 3 is 2.33 bits per heavy atom. The number of esters is 1. The van der Waals surface area contributed by atoms with Crippen molar-refractivity contribution in [1.82, 2.24) is 4.90 Å². The van der Waals surface area contributed by atoms with Crippen LogP contribution in [0.15, 0.2) is 36.5 Å². The van der Waals surface area contributed by atoms with Gasteiger partial charge in [-0.15, -0.1) is 0 Å². The van der Waals surface area contributed by atoms with Crippen LogP contribution in [0, 0.1) is 0 Å². The van der Waals surface area contributed by atoms with Gasteiger partial charge in [-0.25, -0.2) is 4.79 Å². The van der Waals surface area contributed by atoms with E-state index in [1.165, 1.54) is 0 Å². The van der Waals surface area contributed by atoms with Crippen molar-refractivity contribution in [3.63, 3.8) is 0 Å². The van der Waals surface area contributed by atoms with Gasteiger partial charge in [0.25, 0.3) is 5.78 Å². The fourth-order valence-corrected chi connectivity index (χ4v) is 1.45. The molecular weight excluding hydrogens is 230 g/mol. The molecule has 0 unspecified atom stereocenters. The van der Waals surface area contributed by atoms with E-state index in [0.717, 1.165) is 0 Å². The topological polar surface area (TPSA) is 46.6 Å². The smallest absolute Gasteiger partial charge is 0.379 e.